The van der Waals surface area contributed by atoms with Crippen LogP contribution in [-0.4, -0.2) is 52.7 Å². The van der Waals surface area contributed by atoms with E-state index in [0.29, 0.717) is 11.3 Å². The lowest BCUT2D eigenvalue weighted by molar-refractivity contribution is -0.143. The van der Waals surface area contributed by atoms with Crippen molar-refractivity contribution in [3.63, 3.8) is 0 Å². The zero-order valence-corrected chi connectivity index (χ0v) is 14.4. The maximum absolute atomic E-state index is 12.1. The summed E-state index contributed by atoms with van der Waals surface area (Å²) in [6.45, 7) is 1.53. The highest BCUT2D eigenvalue weighted by Gasteiger charge is 2.44. The van der Waals surface area contributed by atoms with Crippen molar-refractivity contribution in [3.8, 4) is 0 Å². The first-order valence-corrected chi connectivity index (χ1v) is 8.23. The molecule has 0 spiro atoms. The molecule has 138 valence electrons. The van der Waals surface area contributed by atoms with E-state index < -0.39 is 36.3 Å². The molecule has 1 heterocycles. The summed E-state index contributed by atoms with van der Waals surface area (Å²) in [5.41, 5.74) is 0.845. The summed E-state index contributed by atoms with van der Waals surface area (Å²) in [6, 6.07) is 7.47. The fourth-order valence-electron chi connectivity index (χ4n) is 2.34. The molecule has 1 aromatic rings. The summed E-state index contributed by atoms with van der Waals surface area (Å²) < 4.78 is 0. The van der Waals surface area contributed by atoms with Gasteiger partial charge in [0, 0.05) is 13.1 Å². The molecule has 9 nitrogen and oxygen atoms in total. The second-order valence-corrected chi connectivity index (χ2v) is 5.70. The van der Waals surface area contributed by atoms with Crippen molar-refractivity contribution in [3.05, 3.63) is 35.9 Å². The number of nitrogens with one attached hydrogen (secondary N) is 2. The molecule has 0 bridgehead atoms. The van der Waals surface area contributed by atoms with Gasteiger partial charge in [-0.3, -0.25) is 24.6 Å². The van der Waals surface area contributed by atoms with E-state index in [0.717, 1.165) is 16.9 Å². The molecular formula is C17H20N4O5. The van der Waals surface area contributed by atoms with E-state index in [1.165, 1.54) is 0 Å². The average Bonchev–Trinajstić information content (AvgIpc) is 2.82. The SMILES string of the molecule is CCCCN1C(=O)C(=O)N(CC(=O)NC(=O)NCc2ccccc2)C1=O. The maximum atomic E-state index is 12.1. The van der Waals surface area contributed by atoms with Crippen molar-refractivity contribution in [1.29, 1.82) is 0 Å². The van der Waals surface area contributed by atoms with E-state index in [1.54, 1.807) is 12.1 Å². The molecule has 0 aromatic heterocycles. The van der Waals surface area contributed by atoms with Gasteiger partial charge in [-0.15, -0.1) is 0 Å². The lowest BCUT2D eigenvalue weighted by Crippen LogP contribution is -2.46. The molecular weight excluding hydrogens is 340 g/mol. The Bertz CT molecular complexity index is 719. The van der Waals surface area contributed by atoms with Crippen molar-refractivity contribution in [2.24, 2.45) is 0 Å². The molecule has 2 rings (SSSR count). The van der Waals surface area contributed by atoms with Crippen LogP contribution in [0.2, 0.25) is 0 Å². The maximum Gasteiger partial charge on any atom is 0.334 e. The fourth-order valence-corrected chi connectivity index (χ4v) is 2.34. The van der Waals surface area contributed by atoms with E-state index in [9.17, 15) is 24.0 Å². The van der Waals surface area contributed by atoms with Gasteiger partial charge in [-0.05, 0) is 12.0 Å². The largest absolute Gasteiger partial charge is 0.334 e. The van der Waals surface area contributed by atoms with Crippen molar-refractivity contribution in [1.82, 2.24) is 20.4 Å². The quantitative estimate of drug-likeness (QED) is 0.546. The monoisotopic (exact) mass is 360 g/mol. The first-order valence-electron chi connectivity index (χ1n) is 8.23. The molecule has 1 saturated heterocycles. The van der Waals surface area contributed by atoms with Crippen LogP contribution in [-0.2, 0) is 20.9 Å². The Labute approximate surface area is 150 Å². The zero-order chi connectivity index (χ0) is 19.1. The van der Waals surface area contributed by atoms with Gasteiger partial charge in [-0.1, -0.05) is 43.7 Å². The number of hydrogen-bond donors (Lipinski definition) is 2. The topological polar surface area (TPSA) is 116 Å². The molecule has 1 fully saturated rings. The first kappa shape index (κ1) is 19.1. The molecule has 2 N–H and O–H groups in total. The van der Waals surface area contributed by atoms with Gasteiger partial charge in [-0.25, -0.2) is 14.5 Å². The minimum atomic E-state index is -1.06. The zero-order valence-electron chi connectivity index (χ0n) is 14.4. The summed E-state index contributed by atoms with van der Waals surface area (Å²) in [5.74, 6) is -2.88. The van der Waals surface area contributed by atoms with Gasteiger partial charge in [0.15, 0.2) is 0 Å². The molecule has 9 heteroatoms. The van der Waals surface area contributed by atoms with Gasteiger partial charge >= 0.3 is 23.9 Å². The third kappa shape index (κ3) is 4.65. The normalized spacial score (nSPS) is 14.0. The number of carbonyl (C=O) groups excluding carboxylic acids is 5. The van der Waals surface area contributed by atoms with Crippen LogP contribution in [0.15, 0.2) is 30.3 Å². The highest BCUT2D eigenvalue weighted by molar-refractivity contribution is 6.45. The number of unbranched alkanes of at least 4 members (excludes halogenated alkanes) is 1. The summed E-state index contributed by atoms with van der Waals surface area (Å²) in [7, 11) is 0. The first-order chi connectivity index (χ1) is 12.4. The number of carbonyl (C=O) groups is 5. The summed E-state index contributed by atoms with van der Waals surface area (Å²) in [6.07, 6.45) is 1.31. The lowest BCUT2D eigenvalue weighted by atomic mass is 10.2. The fraction of sp³-hybridized carbons (Fsp3) is 0.353. The van der Waals surface area contributed by atoms with E-state index >= 15 is 0 Å². The predicted molar refractivity (Wildman–Crippen MR) is 90.6 cm³/mol. The molecule has 1 aliphatic heterocycles. The molecule has 7 amide bonds. The second-order valence-electron chi connectivity index (χ2n) is 5.70. The standard InChI is InChI=1S/C17H20N4O5/c1-2-3-9-20-14(23)15(24)21(17(20)26)11-13(22)19-16(25)18-10-12-7-5-4-6-8-12/h4-8H,2-3,9-11H2,1H3,(H2,18,19,22,25). The Hall–Kier alpha value is -3.23. The Balaban J connectivity index is 1.84. The van der Waals surface area contributed by atoms with E-state index in [4.69, 9.17) is 0 Å². The molecule has 0 radical (unpaired) electrons. The van der Waals surface area contributed by atoms with Crippen molar-refractivity contribution >= 4 is 29.8 Å². The lowest BCUT2D eigenvalue weighted by Gasteiger charge is -2.14. The highest BCUT2D eigenvalue weighted by atomic mass is 16.2. The summed E-state index contributed by atoms with van der Waals surface area (Å²) >= 11 is 0. The van der Waals surface area contributed by atoms with Crippen LogP contribution in [0.5, 0.6) is 0 Å². The number of amides is 7. The van der Waals surface area contributed by atoms with Crippen LogP contribution >= 0.6 is 0 Å². The molecule has 0 aliphatic carbocycles. The number of imide groups is 3. The third-order valence-corrected chi connectivity index (χ3v) is 3.72. The summed E-state index contributed by atoms with van der Waals surface area (Å²) in [5, 5.41) is 4.51. The number of hydrogen-bond acceptors (Lipinski definition) is 5. The van der Waals surface area contributed by atoms with Gasteiger partial charge in [0.05, 0.1) is 0 Å². The Morgan fingerprint density at radius 3 is 2.31 bits per heavy atom. The van der Waals surface area contributed by atoms with Crippen LogP contribution < -0.4 is 10.6 Å². The van der Waals surface area contributed by atoms with Gasteiger partial charge in [-0.2, -0.15) is 0 Å². The highest BCUT2D eigenvalue weighted by Crippen LogP contribution is 2.12. The Kier molecular flexibility index (Phi) is 6.42. The van der Waals surface area contributed by atoms with E-state index in [2.05, 4.69) is 5.32 Å². The Morgan fingerprint density at radius 2 is 1.65 bits per heavy atom. The molecule has 26 heavy (non-hydrogen) atoms. The van der Waals surface area contributed by atoms with Crippen LogP contribution in [0.1, 0.15) is 25.3 Å². The van der Waals surface area contributed by atoms with Gasteiger partial charge in [0.1, 0.15) is 6.54 Å². The van der Waals surface area contributed by atoms with E-state index in [1.807, 2.05) is 30.4 Å². The smallest absolute Gasteiger partial charge is 0.334 e. The second kappa shape index (κ2) is 8.75. The molecule has 0 unspecified atom stereocenters. The van der Waals surface area contributed by atoms with Crippen LogP contribution in [0.4, 0.5) is 9.59 Å². The van der Waals surface area contributed by atoms with Crippen molar-refractivity contribution in [2.75, 3.05) is 13.1 Å². The average molecular weight is 360 g/mol. The number of urea groups is 2. The van der Waals surface area contributed by atoms with Gasteiger partial charge in [0.25, 0.3) is 0 Å². The molecule has 1 aliphatic rings. The number of rotatable bonds is 7. The minimum Gasteiger partial charge on any atom is -0.334 e. The Morgan fingerprint density at radius 1 is 1.00 bits per heavy atom. The summed E-state index contributed by atoms with van der Waals surface area (Å²) in [4.78, 5) is 60.7. The van der Waals surface area contributed by atoms with Crippen molar-refractivity contribution in [2.45, 2.75) is 26.3 Å². The van der Waals surface area contributed by atoms with Crippen molar-refractivity contribution < 1.29 is 24.0 Å². The minimum absolute atomic E-state index is 0.121. The van der Waals surface area contributed by atoms with Gasteiger partial charge in [0.2, 0.25) is 5.91 Å². The van der Waals surface area contributed by atoms with Crippen LogP contribution in [0.25, 0.3) is 0 Å². The number of nitrogens with zero attached hydrogens (tertiary/aromatic N) is 2. The molecule has 0 atom stereocenters. The molecule has 1 aromatic carbocycles. The number of benzene rings is 1. The molecule has 0 saturated carbocycles. The van der Waals surface area contributed by atoms with E-state index in [-0.39, 0.29) is 13.1 Å². The van der Waals surface area contributed by atoms with Gasteiger partial charge < -0.3 is 5.32 Å². The van der Waals surface area contributed by atoms with Crippen LogP contribution in [0.3, 0.4) is 0 Å². The third-order valence-electron chi connectivity index (χ3n) is 3.72. The predicted octanol–water partition coefficient (Wildman–Crippen LogP) is 0.603. The van der Waals surface area contributed by atoms with Crippen LogP contribution in [0, 0.1) is 0 Å².